The fraction of sp³-hybridized carbons (Fsp3) is 0.556. The molecule has 0 saturated carbocycles. The van der Waals surface area contributed by atoms with Gasteiger partial charge in [-0.25, -0.2) is 0 Å². The minimum absolute atomic E-state index is 0.0116. The molecule has 2 aliphatic heterocycles. The molecule has 2 heteroatoms. The predicted octanol–water partition coefficient (Wildman–Crippen LogP) is 1.28. The van der Waals surface area contributed by atoms with Gasteiger partial charge in [-0.05, 0) is 6.92 Å². The van der Waals surface area contributed by atoms with Crippen LogP contribution in [0.2, 0.25) is 0 Å². The molecule has 60 valence electrons. The summed E-state index contributed by atoms with van der Waals surface area (Å²) in [5, 5.41) is 0. The first kappa shape index (κ1) is 7.07. The third-order valence-corrected chi connectivity index (χ3v) is 2.03. The van der Waals surface area contributed by atoms with Crippen molar-refractivity contribution in [3.63, 3.8) is 0 Å². The van der Waals surface area contributed by atoms with Gasteiger partial charge in [-0.3, -0.25) is 0 Å². The fourth-order valence-corrected chi connectivity index (χ4v) is 0.989. The molecule has 2 aliphatic rings. The van der Waals surface area contributed by atoms with Gasteiger partial charge in [0.1, 0.15) is 17.8 Å². The lowest BCUT2D eigenvalue weighted by Crippen LogP contribution is -1.98. The summed E-state index contributed by atoms with van der Waals surface area (Å²) >= 11 is 0. The highest BCUT2D eigenvalue weighted by molar-refractivity contribution is 5.16. The lowest BCUT2D eigenvalue weighted by molar-refractivity contribution is 0.367. The summed E-state index contributed by atoms with van der Waals surface area (Å²) in [6, 6.07) is 0. The average Bonchev–Trinajstić information content (AvgIpc) is 2.83. The Morgan fingerprint density at radius 1 is 1.55 bits per heavy atom. The lowest BCUT2D eigenvalue weighted by atomic mass is 10.1. The van der Waals surface area contributed by atoms with E-state index in [1.807, 2.05) is 6.08 Å². The lowest BCUT2D eigenvalue weighted by Gasteiger charge is -1.90. The quantitative estimate of drug-likeness (QED) is 0.449. The van der Waals surface area contributed by atoms with E-state index in [-0.39, 0.29) is 17.8 Å². The minimum Gasteiger partial charge on any atom is -0.365 e. The van der Waals surface area contributed by atoms with Crippen LogP contribution >= 0.6 is 0 Å². The Morgan fingerprint density at radius 2 is 2.27 bits per heavy atom. The van der Waals surface area contributed by atoms with Crippen molar-refractivity contribution in [2.24, 2.45) is 0 Å². The molecule has 0 amide bonds. The maximum atomic E-state index is 5.23. The van der Waals surface area contributed by atoms with E-state index < -0.39 is 0 Å². The van der Waals surface area contributed by atoms with Crippen LogP contribution in [0.1, 0.15) is 6.92 Å². The summed E-state index contributed by atoms with van der Waals surface area (Å²) in [7, 11) is 0. The van der Waals surface area contributed by atoms with E-state index in [1.54, 1.807) is 0 Å². The van der Waals surface area contributed by atoms with Crippen molar-refractivity contribution in [2.45, 2.75) is 24.7 Å². The Hall–Kier alpha value is -0.600. The molecule has 0 radical (unpaired) electrons. The van der Waals surface area contributed by atoms with Crippen LogP contribution in [0.25, 0.3) is 0 Å². The first-order valence-corrected chi connectivity index (χ1v) is 3.85. The van der Waals surface area contributed by atoms with Crippen LogP contribution in [0.3, 0.4) is 0 Å². The van der Waals surface area contributed by atoms with Crippen LogP contribution in [0.5, 0.6) is 0 Å². The van der Waals surface area contributed by atoms with Gasteiger partial charge in [0.25, 0.3) is 0 Å². The van der Waals surface area contributed by atoms with Crippen molar-refractivity contribution in [1.29, 1.82) is 0 Å². The summed E-state index contributed by atoms with van der Waals surface area (Å²) in [6.45, 7) is 6.55. The first-order valence-electron chi connectivity index (χ1n) is 3.85. The van der Waals surface area contributed by atoms with Gasteiger partial charge in [-0.15, -0.1) is 6.58 Å². The van der Waals surface area contributed by atoms with Crippen molar-refractivity contribution >= 4 is 0 Å². The van der Waals surface area contributed by atoms with Gasteiger partial charge in [-0.1, -0.05) is 18.2 Å². The molecule has 3 atom stereocenters. The van der Waals surface area contributed by atoms with Gasteiger partial charge in [0, 0.05) is 0 Å². The highest BCUT2D eigenvalue weighted by atomic mass is 16.6. The molecule has 2 rings (SSSR count). The Bertz CT molecular complexity index is 204. The zero-order valence-corrected chi connectivity index (χ0v) is 6.62. The molecule has 0 aromatic rings. The summed E-state index contributed by atoms with van der Waals surface area (Å²) in [4.78, 5) is 0. The molecule has 0 bridgehead atoms. The van der Waals surface area contributed by atoms with Crippen LogP contribution in [-0.2, 0) is 9.47 Å². The van der Waals surface area contributed by atoms with Crippen molar-refractivity contribution < 1.29 is 9.47 Å². The number of rotatable bonds is 3. The topological polar surface area (TPSA) is 25.1 Å². The van der Waals surface area contributed by atoms with E-state index in [1.165, 1.54) is 0 Å². The normalized spacial score (nSPS) is 47.7. The molecule has 2 fully saturated rings. The molecule has 3 unspecified atom stereocenters. The van der Waals surface area contributed by atoms with Gasteiger partial charge in [0.15, 0.2) is 0 Å². The van der Waals surface area contributed by atoms with E-state index >= 15 is 0 Å². The first-order chi connectivity index (χ1) is 5.23. The Morgan fingerprint density at radius 3 is 2.73 bits per heavy atom. The Balaban J connectivity index is 1.82. The largest absolute Gasteiger partial charge is 0.365 e. The molecule has 11 heavy (non-hydrogen) atoms. The number of epoxide rings is 2. The Kier molecular flexibility index (Phi) is 1.41. The number of ether oxygens (including phenoxy) is 2. The zero-order chi connectivity index (χ0) is 7.90. The molecular weight excluding hydrogens is 140 g/mol. The molecule has 0 N–H and O–H groups in total. The van der Waals surface area contributed by atoms with E-state index in [2.05, 4.69) is 25.7 Å². The third-order valence-electron chi connectivity index (χ3n) is 2.03. The SMILES string of the molecule is C=CC1OC1C=CC1(C)CO1. The van der Waals surface area contributed by atoms with Crippen molar-refractivity contribution in [3.8, 4) is 0 Å². The monoisotopic (exact) mass is 152 g/mol. The minimum atomic E-state index is 0.0116. The second kappa shape index (κ2) is 2.19. The van der Waals surface area contributed by atoms with Crippen molar-refractivity contribution in [1.82, 2.24) is 0 Å². The molecule has 2 saturated heterocycles. The smallest absolute Gasteiger partial charge is 0.107 e. The summed E-state index contributed by atoms with van der Waals surface area (Å²) in [5.41, 5.74) is 0.0116. The van der Waals surface area contributed by atoms with Crippen molar-refractivity contribution in [2.75, 3.05) is 6.61 Å². The van der Waals surface area contributed by atoms with E-state index in [0.29, 0.717) is 0 Å². The van der Waals surface area contributed by atoms with Crippen LogP contribution in [0.15, 0.2) is 24.8 Å². The molecule has 2 heterocycles. The molecule has 0 aliphatic carbocycles. The Labute approximate surface area is 66.5 Å². The molecule has 0 spiro atoms. The van der Waals surface area contributed by atoms with Crippen LogP contribution in [0, 0.1) is 0 Å². The molecule has 2 nitrogen and oxygen atoms in total. The second-order valence-electron chi connectivity index (χ2n) is 3.26. The summed E-state index contributed by atoms with van der Waals surface area (Å²) < 4.78 is 10.4. The summed E-state index contributed by atoms with van der Waals surface area (Å²) in [6.07, 6.45) is 6.45. The highest BCUT2D eigenvalue weighted by Crippen LogP contribution is 2.30. The van der Waals surface area contributed by atoms with E-state index in [4.69, 9.17) is 9.47 Å². The van der Waals surface area contributed by atoms with Crippen LogP contribution < -0.4 is 0 Å². The van der Waals surface area contributed by atoms with E-state index in [9.17, 15) is 0 Å². The van der Waals surface area contributed by atoms with Crippen LogP contribution in [0.4, 0.5) is 0 Å². The van der Waals surface area contributed by atoms with Gasteiger partial charge in [0.05, 0.1) is 6.61 Å². The third kappa shape index (κ3) is 1.52. The fourth-order valence-electron chi connectivity index (χ4n) is 0.989. The molecular formula is C9H12O2. The second-order valence-corrected chi connectivity index (χ2v) is 3.26. The number of hydrogen-bond donors (Lipinski definition) is 0. The number of hydrogen-bond acceptors (Lipinski definition) is 2. The van der Waals surface area contributed by atoms with Crippen molar-refractivity contribution in [3.05, 3.63) is 24.8 Å². The zero-order valence-electron chi connectivity index (χ0n) is 6.62. The standard InChI is InChI=1S/C9H12O2/c1-3-7-8(11-7)4-5-9(2)6-10-9/h3-5,7-8H,1,6H2,2H3. The van der Waals surface area contributed by atoms with Gasteiger partial charge in [0.2, 0.25) is 0 Å². The van der Waals surface area contributed by atoms with Gasteiger partial charge in [-0.2, -0.15) is 0 Å². The molecule has 0 aromatic heterocycles. The molecule has 0 aromatic carbocycles. The van der Waals surface area contributed by atoms with Gasteiger partial charge >= 0.3 is 0 Å². The van der Waals surface area contributed by atoms with E-state index in [0.717, 1.165) is 6.61 Å². The maximum Gasteiger partial charge on any atom is 0.107 e. The van der Waals surface area contributed by atoms with Crippen LogP contribution in [-0.4, -0.2) is 24.4 Å². The summed E-state index contributed by atoms with van der Waals surface area (Å²) in [5.74, 6) is 0. The average molecular weight is 152 g/mol. The maximum absolute atomic E-state index is 5.23. The highest BCUT2D eigenvalue weighted by Gasteiger charge is 2.39. The van der Waals surface area contributed by atoms with Gasteiger partial charge < -0.3 is 9.47 Å². The predicted molar refractivity (Wildman–Crippen MR) is 42.4 cm³/mol.